The molecule has 0 N–H and O–H groups in total. The van der Waals surface area contributed by atoms with Gasteiger partial charge in [0.1, 0.15) is 12.2 Å². The minimum absolute atomic E-state index is 0.0703. The van der Waals surface area contributed by atoms with Gasteiger partial charge in [0.15, 0.2) is 0 Å². The first-order valence-electron chi connectivity index (χ1n) is 9.12. The van der Waals surface area contributed by atoms with Crippen LogP contribution in [0, 0.1) is 5.92 Å². The van der Waals surface area contributed by atoms with E-state index in [4.69, 9.17) is 9.47 Å². The molecule has 1 saturated heterocycles. The fourth-order valence-corrected chi connectivity index (χ4v) is 3.12. The number of likely N-dealkylation sites (N-methyl/N-ethyl adjacent to an activating group) is 1. The Balaban J connectivity index is 1.94. The molecule has 1 fully saturated rings. The van der Waals surface area contributed by atoms with Crippen LogP contribution in [0.3, 0.4) is 0 Å². The largest absolute Gasteiger partial charge is 0.445 e. The molecule has 6 heteroatoms. The van der Waals surface area contributed by atoms with Crippen LogP contribution >= 0.6 is 0 Å². The highest BCUT2D eigenvalue weighted by Crippen LogP contribution is 2.26. The molecule has 0 spiro atoms. The summed E-state index contributed by atoms with van der Waals surface area (Å²) in [5.74, 6) is 0.205. The van der Waals surface area contributed by atoms with E-state index in [0.29, 0.717) is 13.1 Å². The zero-order valence-electron chi connectivity index (χ0n) is 16.4. The van der Waals surface area contributed by atoms with Crippen molar-refractivity contribution in [2.75, 3.05) is 20.1 Å². The SMILES string of the molecule is CC[C@H]1CN(C(=O)OCc2ccccc2)C[C@H]1N(C)C(=O)OC(C)(C)C. The maximum absolute atomic E-state index is 12.4. The highest BCUT2D eigenvalue weighted by molar-refractivity contribution is 5.70. The van der Waals surface area contributed by atoms with Crippen molar-refractivity contribution in [1.29, 1.82) is 0 Å². The van der Waals surface area contributed by atoms with Crippen LogP contribution in [0.2, 0.25) is 0 Å². The average Bonchev–Trinajstić information content (AvgIpc) is 3.02. The molecule has 0 aliphatic carbocycles. The number of hydrogen-bond donors (Lipinski definition) is 0. The fourth-order valence-electron chi connectivity index (χ4n) is 3.12. The Morgan fingerprint density at radius 2 is 1.85 bits per heavy atom. The van der Waals surface area contributed by atoms with E-state index in [2.05, 4.69) is 6.92 Å². The van der Waals surface area contributed by atoms with Gasteiger partial charge in [-0.25, -0.2) is 9.59 Å². The third-order valence-corrected chi connectivity index (χ3v) is 4.57. The molecule has 1 heterocycles. The minimum Gasteiger partial charge on any atom is -0.445 e. The lowest BCUT2D eigenvalue weighted by Gasteiger charge is -2.30. The lowest BCUT2D eigenvalue weighted by molar-refractivity contribution is 0.0193. The van der Waals surface area contributed by atoms with E-state index in [-0.39, 0.29) is 30.8 Å². The van der Waals surface area contributed by atoms with Crippen molar-refractivity contribution in [2.45, 2.75) is 52.4 Å². The zero-order valence-corrected chi connectivity index (χ0v) is 16.4. The Labute approximate surface area is 156 Å². The summed E-state index contributed by atoms with van der Waals surface area (Å²) < 4.78 is 10.9. The molecule has 26 heavy (non-hydrogen) atoms. The summed E-state index contributed by atoms with van der Waals surface area (Å²) in [5.41, 5.74) is 0.412. The Morgan fingerprint density at radius 3 is 2.42 bits per heavy atom. The van der Waals surface area contributed by atoms with Gasteiger partial charge in [-0.15, -0.1) is 0 Å². The van der Waals surface area contributed by atoms with E-state index < -0.39 is 5.60 Å². The van der Waals surface area contributed by atoms with Crippen molar-refractivity contribution >= 4 is 12.2 Å². The van der Waals surface area contributed by atoms with Gasteiger partial charge in [0.05, 0.1) is 6.04 Å². The summed E-state index contributed by atoms with van der Waals surface area (Å²) in [4.78, 5) is 28.1. The Bertz CT molecular complexity index is 612. The number of amides is 2. The van der Waals surface area contributed by atoms with E-state index in [9.17, 15) is 9.59 Å². The fraction of sp³-hybridized carbons (Fsp3) is 0.600. The number of rotatable bonds is 4. The van der Waals surface area contributed by atoms with E-state index in [0.717, 1.165) is 12.0 Å². The first-order valence-corrected chi connectivity index (χ1v) is 9.12. The average molecular weight is 362 g/mol. The maximum atomic E-state index is 12.4. The standard InChI is InChI=1S/C20H30N2O4/c1-6-16-12-22(19(24)25-14-15-10-8-7-9-11-15)13-17(16)21(5)18(23)26-20(2,3)4/h7-11,16-17H,6,12-14H2,1-5H3/t16-,17+/m0/s1. The molecule has 1 aliphatic rings. The van der Waals surface area contributed by atoms with Gasteiger partial charge in [0, 0.05) is 20.1 Å². The van der Waals surface area contributed by atoms with Crippen molar-refractivity contribution in [3.8, 4) is 0 Å². The van der Waals surface area contributed by atoms with Crippen molar-refractivity contribution in [3.05, 3.63) is 35.9 Å². The summed E-state index contributed by atoms with van der Waals surface area (Å²) >= 11 is 0. The molecule has 1 aromatic rings. The van der Waals surface area contributed by atoms with Crippen molar-refractivity contribution in [3.63, 3.8) is 0 Å². The zero-order chi connectivity index (χ0) is 19.3. The van der Waals surface area contributed by atoms with Crippen molar-refractivity contribution in [1.82, 2.24) is 9.80 Å². The van der Waals surface area contributed by atoms with E-state index >= 15 is 0 Å². The Kier molecular flexibility index (Phi) is 6.51. The highest BCUT2D eigenvalue weighted by Gasteiger charge is 2.39. The number of ether oxygens (including phenoxy) is 2. The molecular formula is C20H30N2O4. The van der Waals surface area contributed by atoms with Crippen molar-refractivity contribution < 1.29 is 19.1 Å². The molecule has 1 aliphatic heterocycles. The summed E-state index contributed by atoms with van der Waals surface area (Å²) in [6.45, 7) is 8.90. The molecule has 1 aromatic carbocycles. The van der Waals surface area contributed by atoms with Crippen LogP contribution in [-0.2, 0) is 16.1 Å². The number of nitrogens with zero attached hydrogens (tertiary/aromatic N) is 2. The molecule has 0 bridgehead atoms. The first-order chi connectivity index (χ1) is 12.2. The van der Waals surface area contributed by atoms with Gasteiger partial charge in [-0.2, -0.15) is 0 Å². The van der Waals surface area contributed by atoms with E-state index in [1.54, 1.807) is 16.8 Å². The molecule has 2 amide bonds. The lowest BCUT2D eigenvalue weighted by Crippen LogP contribution is -2.44. The van der Waals surface area contributed by atoms with Crippen LogP contribution in [0.25, 0.3) is 0 Å². The first kappa shape index (κ1) is 20.1. The predicted molar refractivity (Wildman–Crippen MR) is 99.8 cm³/mol. The summed E-state index contributed by atoms with van der Waals surface area (Å²) in [6, 6.07) is 9.53. The predicted octanol–water partition coefficient (Wildman–Crippen LogP) is 3.90. The Hall–Kier alpha value is -2.24. The topological polar surface area (TPSA) is 59.1 Å². The van der Waals surface area contributed by atoms with Gasteiger partial charge in [-0.3, -0.25) is 0 Å². The molecule has 0 radical (unpaired) electrons. The summed E-state index contributed by atoms with van der Waals surface area (Å²) in [6.07, 6.45) is 0.174. The molecule has 2 rings (SSSR count). The molecule has 144 valence electrons. The van der Waals surface area contributed by atoms with Gasteiger partial charge >= 0.3 is 12.2 Å². The maximum Gasteiger partial charge on any atom is 0.410 e. The number of hydrogen-bond acceptors (Lipinski definition) is 4. The third kappa shape index (κ3) is 5.38. The quantitative estimate of drug-likeness (QED) is 0.815. The van der Waals surface area contributed by atoms with E-state index in [1.165, 1.54) is 0 Å². The smallest absolute Gasteiger partial charge is 0.410 e. The second-order valence-electron chi connectivity index (χ2n) is 7.77. The second-order valence-corrected chi connectivity index (χ2v) is 7.77. The second kappa shape index (κ2) is 8.43. The van der Waals surface area contributed by atoms with Gasteiger partial charge in [-0.05, 0) is 38.7 Å². The van der Waals surface area contributed by atoms with Crippen LogP contribution in [0.5, 0.6) is 0 Å². The number of likely N-dealkylation sites (tertiary alicyclic amines) is 1. The van der Waals surface area contributed by atoms with Crippen molar-refractivity contribution in [2.24, 2.45) is 5.92 Å². The van der Waals surface area contributed by atoms with Gasteiger partial charge in [-0.1, -0.05) is 37.3 Å². The molecule has 2 atom stereocenters. The lowest BCUT2D eigenvalue weighted by atomic mass is 10.00. The van der Waals surface area contributed by atoms with Crippen LogP contribution in [0.1, 0.15) is 39.7 Å². The molecule has 0 saturated carbocycles. The van der Waals surface area contributed by atoms with E-state index in [1.807, 2.05) is 51.1 Å². The summed E-state index contributed by atoms with van der Waals surface area (Å²) in [7, 11) is 1.74. The third-order valence-electron chi connectivity index (χ3n) is 4.57. The molecule has 0 aromatic heterocycles. The highest BCUT2D eigenvalue weighted by atomic mass is 16.6. The van der Waals surface area contributed by atoms with Crippen LogP contribution in [0.15, 0.2) is 30.3 Å². The van der Waals surface area contributed by atoms with Gasteiger partial charge in [0.2, 0.25) is 0 Å². The number of carbonyl (C=O) groups excluding carboxylic acids is 2. The Morgan fingerprint density at radius 1 is 1.19 bits per heavy atom. The summed E-state index contributed by atoms with van der Waals surface area (Å²) in [5, 5.41) is 0. The monoisotopic (exact) mass is 362 g/mol. The number of benzene rings is 1. The number of carbonyl (C=O) groups is 2. The molecule has 0 unspecified atom stereocenters. The van der Waals surface area contributed by atoms with Crippen LogP contribution in [-0.4, -0.2) is 53.8 Å². The molecular weight excluding hydrogens is 332 g/mol. The molecule has 6 nitrogen and oxygen atoms in total. The van der Waals surface area contributed by atoms with Gasteiger partial charge < -0.3 is 19.3 Å². The van der Waals surface area contributed by atoms with Gasteiger partial charge in [0.25, 0.3) is 0 Å². The van der Waals surface area contributed by atoms with Crippen LogP contribution < -0.4 is 0 Å². The minimum atomic E-state index is -0.542. The van der Waals surface area contributed by atoms with Crippen LogP contribution in [0.4, 0.5) is 9.59 Å². The normalized spacial score (nSPS) is 20.0.